The van der Waals surface area contributed by atoms with E-state index in [2.05, 4.69) is 20.8 Å². The Bertz CT molecular complexity index is 796. The smallest absolute Gasteiger partial charge is 0.227 e. The maximum Gasteiger partial charge on any atom is 0.227 e. The van der Waals surface area contributed by atoms with Crippen molar-refractivity contribution in [2.24, 2.45) is 0 Å². The Kier molecular flexibility index (Phi) is 6.37. The van der Waals surface area contributed by atoms with Crippen molar-refractivity contribution in [3.8, 4) is 0 Å². The fourth-order valence-corrected chi connectivity index (χ4v) is 2.21. The summed E-state index contributed by atoms with van der Waals surface area (Å²) in [6.45, 7) is 7.72. The molecule has 2 N–H and O–H groups in total. The molecule has 0 fully saturated rings. The third kappa shape index (κ3) is 5.56. The summed E-state index contributed by atoms with van der Waals surface area (Å²) in [5.74, 6) is 0.674. The molecule has 0 bridgehead atoms. The van der Waals surface area contributed by atoms with E-state index in [0.29, 0.717) is 41.0 Å². The van der Waals surface area contributed by atoms with Crippen LogP contribution in [0.4, 0.5) is 11.4 Å². The predicted molar refractivity (Wildman–Crippen MR) is 100 cm³/mol. The van der Waals surface area contributed by atoms with Crippen LogP contribution in [0.2, 0.25) is 5.02 Å². The molecule has 0 aliphatic carbocycles. The van der Waals surface area contributed by atoms with Gasteiger partial charge in [0, 0.05) is 30.4 Å². The number of rotatable bonds is 6. The van der Waals surface area contributed by atoms with Crippen LogP contribution in [0.15, 0.2) is 22.7 Å². The largest absolute Gasteiger partial charge is 0.339 e. The summed E-state index contributed by atoms with van der Waals surface area (Å²) in [7, 11) is 0. The molecule has 0 atom stereocenters. The Morgan fingerprint density at radius 3 is 2.54 bits per heavy atom. The van der Waals surface area contributed by atoms with Crippen molar-refractivity contribution in [1.29, 1.82) is 0 Å². The van der Waals surface area contributed by atoms with Gasteiger partial charge >= 0.3 is 0 Å². The van der Waals surface area contributed by atoms with Crippen molar-refractivity contribution in [3.05, 3.63) is 34.9 Å². The molecule has 0 aliphatic heterocycles. The van der Waals surface area contributed by atoms with Gasteiger partial charge in [-0.1, -0.05) is 44.5 Å². The van der Waals surface area contributed by atoms with E-state index in [4.69, 9.17) is 16.1 Å². The van der Waals surface area contributed by atoms with Gasteiger partial charge in [-0.3, -0.25) is 9.59 Å². The number of aromatic nitrogens is 2. The third-order valence-electron chi connectivity index (χ3n) is 3.55. The van der Waals surface area contributed by atoms with Crippen molar-refractivity contribution in [2.75, 3.05) is 10.6 Å². The summed E-state index contributed by atoms with van der Waals surface area (Å²) < 4.78 is 5.18. The van der Waals surface area contributed by atoms with Crippen molar-refractivity contribution in [1.82, 2.24) is 10.1 Å². The first kappa shape index (κ1) is 19.9. The normalized spacial score (nSPS) is 11.3. The lowest BCUT2D eigenvalue weighted by Gasteiger charge is -2.11. The van der Waals surface area contributed by atoms with Crippen LogP contribution in [0.3, 0.4) is 0 Å². The second-order valence-corrected chi connectivity index (χ2v) is 7.31. The first-order valence-electron chi connectivity index (χ1n) is 8.41. The standard InChI is InChI=1S/C18H23ClN4O3/c1-5-14(24)20-11-6-7-12(19)13(10-11)21-15(25)8-9-16-22-17(23-26-16)18(2,3)4/h6-7,10H,5,8-9H2,1-4H3,(H,20,24)(H,21,25). The number of nitrogens with zero attached hydrogens (tertiary/aromatic N) is 2. The topological polar surface area (TPSA) is 97.1 Å². The molecule has 0 aliphatic rings. The predicted octanol–water partition coefficient (Wildman–Crippen LogP) is 3.94. The minimum absolute atomic E-state index is 0.115. The summed E-state index contributed by atoms with van der Waals surface area (Å²) in [4.78, 5) is 28.0. The van der Waals surface area contributed by atoms with Gasteiger partial charge < -0.3 is 15.2 Å². The monoisotopic (exact) mass is 378 g/mol. The van der Waals surface area contributed by atoms with Crippen molar-refractivity contribution in [3.63, 3.8) is 0 Å². The second-order valence-electron chi connectivity index (χ2n) is 6.91. The van der Waals surface area contributed by atoms with Crippen LogP contribution in [0.1, 0.15) is 52.3 Å². The number of nitrogens with one attached hydrogen (secondary N) is 2. The molecular weight excluding hydrogens is 356 g/mol. The van der Waals surface area contributed by atoms with E-state index in [1.54, 1.807) is 25.1 Å². The molecule has 1 aromatic carbocycles. The van der Waals surface area contributed by atoms with Crippen LogP contribution in [0.5, 0.6) is 0 Å². The van der Waals surface area contributed by atoms with Gasteiger partial charge in [0.05, 0.1) is 10.7 Å². The van der Waals surface area contributed by atoms with E-state index in [9.17, 15) is 9.59 Å². The number of anilines is 2. The number of hydrogen-bond donors (Lipinski definition) is 2. The molecule has 0 saturated heterocycles. The van der Waals surface area contributed by atoms with Crippen molar-refractivity contribution < 1.29 is 14.1 Å². The molecule has 0 saturated carbocycles. The lowest BCUT2D eigenvalue weighted by molar-refractivity contribution is -0.116. The maximum absolute atomic E-state index is 12.2. The van der Waals surface area contributed by atoms with Crippen LogP contribution >= 0.6 is 11.6 Å². The van der Waals surface area contributed by atoms with Crippen molar-refractivity contribution in [2.45, 2.75) is 52.4 Å². The fraction of sp³-hybridized carbons (Fsp3) is 0.444. The lowest BCUT2D eigenvalue weighted by atomic mass is 9.96. The minimum Gasteiger partial charge on any atom is -0.339 e. The van der Waals surface area contributed by atoms with Crippen LogP contribution < -0.4 is 10.6 Å². The number of carbonyl (C=O) groups excluding carboxylic acids is 2. The number of halogens is 1. The number of hydrogen-bond acceptors (Lipinski definition) is 5. The van der Waals surface area contributed by atoms with E-state index in [-0.39, 0.29) is 23.7 Å². The van der Waals surface area contributed by atoms with Gasteiger partial charge in [0.2, 0.25) is 17.7 Å². The second kappa shape index (κ2) is 8.31. The Labute approximate surface area is 157 Å². The lowest BCUT2D eigenvalue weighted by Crippen LogP contribution is -2.15. The average Bonchev–Trinajstić information content (AvgIpc) is 3.05. The summed E-state index contributed by atoms with van der Waals surface area (Å²) in [5.41, 5.74) is 0.802. The minimum atomic E-state index is -0.235. The quantitative estimate of drug-likeness (QED) is 0.793. The van der Waals surface area contributed by atoms with Gasteiger partial charge in [-0.05, 0) is 18.2 Å². The van der Waals surface area contributed by atoms with E-state index >= 15 is 0 Å². The first-order chi connectivity index (χ1) is 12.2. The molecule has 2 rings (SSSR count). The average molecular weight is 379 g/mol. The van der Waals surface area contributed by atoms with Gasteiger partial charge in [0.1, 0.15) is 0 Å². The van der Waals surface area contributed by atoms with Crippen molar-refractivity contribution >= 4 is 34.8 Å². The first-order valence-corrected chi connectivity index (χ1v) is 8.79. The molecular formula is C18H23ClN4O3. The van der Waals surface area contributed by atoms with Crippen LogP contribution in [-0.4, -0.2) is 22.0 Å². The zero-order chi connectivity index (χ0) is 19.3. The van der Waals surface area contributed by atoms with Gasteiger partial charge in [0.15, 0.2) is 5.82 Å². The molecule has 2 amide bonds. The SMILES string of the molecule is CCC(=O)Nc1ccc(Cl)c(NC(=O)CCc2nc(C(C)(C)C)no2)c1. The molecule has 140 valence electrons. The molecule has 26 heavy (non-hydrogen) atoms. The Morgan fingerprint density at radius 1 is 1.19 bits per heavy atom. The Balaban J connectivity index is 1.96. The van der Waals surface area contributed by atoms with Crippen LogP contribution in [0.25, 0.3) is 0 Å². The highest BCUT2D eigenvalue weighted by molar-refractivity contribution is 6.33. The van der Waals surface area contributed by atoms with E-state index in [1.165, 1.54) is 0 Å². The molecule has 1 heterocycles. The summed E-state index contributed by atoms with van der Waals surface area (Å²) >= 11 is 6.11. The number of carbonyl (C=O) groups is 2. The zero-order valence-corrected chi connectivity index (χ0v) is 16.1. The summed E-state index contributed by atoms with van der Waals surface area (Å²) in [6.07, 6.45) is 0.873. The van der Waals surface area contributed by atoms with Gasteiger partial charge in [-0.25, -0.2) is 0 Å². The molecule has 8 heteroatoms. The van der Waals surface area contributed by atoms with Gasteiger partial charge in [-0.15, -0.1) is 0 Å². The highest BCUT2D eigenvalue weighted by atomic mass is 35.5. The molecule has 0 radical (unpaired) electrons. The molecule has 1 aromatic heterocycles. The molecule has 2 aromatic rings. The zero-order valence-electron chi connectivity index (χ0n) is 15.4. The maximum atomic E-state index is 12.2. The summed E-state index contributed by atoms with van der Waals surface area (Å²) in [6, 6.07) is 4.92. The number of amides is 2. The van der Waals surface area contributed by atoms with Crippen LogP contribution in [0, 0.1) is 0 Å². The Hall–Kier alpha value is -2.41. The third-order valence-corrected chi connectivity index (χ3v) is 3.88. The molecule has 0 unspecified atom stereocenters. The van der Waals surface area contributed by atoms with E-state index in [1.807, 2.05) is 20.8 Å². The van der Waals surface area contributed by atoms with E-state index < -0.39 is 0 Å². The molecule has 7 nitrogen and oxygen atoms in total. The fourth-order valence-electron chi connectivity index (χ4n) is 2.04. The number of benzene rings is 1. The Morgan fingerprint density at radius 2 is 1.92 bits per heavy atom. The summed E-state index contributed by atoms with van der Waals surface area (Å²) in [5, 5.41) is 9.78. The van der Waals surface area contributed by atoms with Gasteiger partial charge in [-0.2, -0.15) is 4.98 Å². The van der Waals surface area contributed by atoms with E-state index in [0.717, 1.165) is 0 Å². The molecule has 0 spiro atoms. The number of aryl methyl sites for hydroxylation is 1. The highest BCUT2D eigenvalue weighted by Crippen LogP contribution is 2.26. The van der Waals surface area contributed by atoms with Gasteiger partial charge in [0.25, 0.3) is 0 Å². The van der Waals surface area contributed by atoms with Crippen LogP contribution in [-0.2, 0) is 21.4 Å². The highest BCUT2D eigenvalue weighted by Gasteiger charge is 2.21.